The SMILES string of the molecule is CCOCCCNC(N)=NCc1ccccc1-c1ccc(Cn2cncn2)cc1. The van der Waals surface area contributed by atoms with E-state index in [9.17, 15) is 0 Å². The number of benzene rings is 2. The van der Waals surface area contributed by atoms with E-state index in [1.165, 1.54) is 5.56 Å². The number of nitrogens with zero attached hydrogens (tertiary/aromatic N) is 4. The lowest BCUT2D eigenvalue weighted by Crippen LogP contribution is -2.32. The van der Waals surface area contributed by atoms with Crippen molar-refractivity contribution in [1.29, 1.82) is 0 Å². The second kappa shape index (κ2) is 11.0. The van der Waals surface area contributed by atoms with Crippen LogP contribution in [0.4, 0.5) is 0 Å². The first-order chi connectivity index (χ1) is 14.3. The highest BCUT2D eigenvalue weighted by molar-refractivity contribution is 5.78. The van der Waals surface area contributed by atoms with E-state index in [-0.39, 0.29) is 0 Å². The lowest BCUT2D eigenvalue weighted by molar-refractivity contribution is 0.145. The molecule has 0 atom stereocenters. The van der Waals surface area contributed by atoms with Gasteiger partial charge in [0.15, 0.2) is 5.96 Å². The van der Waals surface area contributed by atoms with Crippen LogP contribution < -0.4 is 11.1 Å². The van der Waals surface area contributed by atoms with Gasteiger partial charge in [-0.15, -0.1) is 0 Å². The molecular weight excluding hydrogens is 364 g/mol. The van der Waals surface area contributed by atoms with Crippen LogP contribution in [0.5, 0.6) is 0 Å². The van der Waals surface area contributed by atoms with Crippen LogP contribution in [0.2, 0.25) is 0 Å². The number of hydrogen-bond acceptors (Lipinski definition) is 4. The second-order valence-electron chi connectivity index (χ2n) is 6.63. The predicted octanol–water partition coefficient (Wildman–Crippen LogP) is 2.82. The minimum Gasteiger partial charge on any atom is -0.382 e. The molecular formula is C22H28N6O. The molecule has 0 fully saturated rings. The van der Waals surface area contributed by atoms with E-state index in [1.54, 1.807) is 12.7 Å². The molecule has 3 rings (SSSR count). The van der Waals surface area contributed by atoms with Gasteiger partial charge in [0, 0.05) is 19.8 Å². The van der Waals surface area contributed by atoms with Crippen molar-refractivity contribution in [2.24, 2.45) is 10.7 Å². The molecule has 0 saturated heterocycles. The van der Waals surface area contributed by atoms with Gasteiger partial charge in [-0.1, -0.05) is 48.5 Å². The van der Waals surface area contributed by atoms with Gasteiger partial charge in [-0.25, -0.2) is 14.7 Å². The van der Waals surface area contributed by atoms with Crippen molar-refractivity contribution < 1.29 is 4.74 Å². The van der Waals surface area contributed by atoms with Crippen LogP contribution in [-0.4, -0.2) is 40.5 Å². The average Bonchev–Trinajstić information content (AvgIpc) is 3.26. The molecule has 0 radical (unpaired) electrons. The fourth-order valence-electron chi connectivity index (χ4n) is 2.99. The van der Waals surface area contributed by atoms with E-state index in [4.69, 9.17) is 10.5 Å². The summed E-state index contributed by atoms with van der Waals surface area (Å²) in [5, 5.41) is 7.28. The van der Waals surface area contributed by atoms with Crippen LogP contribution in [0.1, 0.15) is 24.5 Å². The Bertz CT molecular complexity index is 890. The van der Waals surface area contributed by atoms with E-state index in [1.807, 2.05) is 23.7 Å². The molecule has 2 aromatic carbocycles. The third-order valence-corrected chi connectivity index (χ3v) is 4.49. The average molecular weight is 393 g/mol. The summed E-state index contributed by atoms with van der Waals surface area (Å²) in [5.74, 6) is 0.458. The summed E-state index contributed by atoms with van der Waals surface area (Å²) in [4.78, 5) is 8.47. The summed E-state index contributed by atoms with van der Waals surface area (Å²) in [6.07, 6.45) is 4.17. The standard InChI is InChI=1S/C22H28N6O/c1-2-29-13-5-12-25-22(23)26-14-20-6-3-4-7-21(20)19-10-8-18(9-11-19)15-28-17-24-16-27-28/h3-4,6-11,16-17H,2,5,12-15H2,1H3,(H3,23,25,26). The van der Waals surface area contributed by atoms with Gasteiger partial charge in [-0.3, -0.25) is 0 Å². The Morgan fingerprint density at radius 2 is 2.00 bits per heavy atom. The molecule has 0 spiro atoms. The maximum Gasteiger partial charge on any atom is 0.188 e. The molecule has 0 aliphatic carbocycles. The molecule has 1 aromatic heterocycles. The number of aliphatic imine (C=N–C) groups is 1. The zero-order chi connectivity index (χ0) is 20.3. The van der Waals surface area contributed by atoms with E-state index >= 15 is 0 Å². The molecule has 0 unspecified atom stereocenters. The number of rotatable bonds is 10. The quantitative estimate of drug-likeness (QED) is 0.315. The Kier molecular flexibility index (Phi) is 7.77. The fourth-order valence-corrected chi connectivity index (χ4v) is 2.99. The summed E-state index contributed by atoms with van der Waals surface area (Å²) in [6, 6.07) is 16.8. The van der Waals surface area contributed by atoms with Crippen molar-refractivity contribution in [2.75, 3.05) is 19.8 Å². The molecule has 0 aliphatic rings. The molecule has 3 N–H and O–H groups in total. The van der Waals surface area contributed by atoms with Crippen LogP contribution in [0.3, 0.4) is 0 Å². The molecule has 7 nitrogen and oxygen atoms in total. The highest BCUT2D eigenvalue weighted by Crippen LogP contribution is 2.25. The van der Waals surface area contributed by atoms with Gasteiger partial charge in [-0.2, -0.15) is 5.10 Å². The Morgan fingerprint density at radius 1 is 1.17 bits per heavy atom. The number of nitrogens with one attached hydrogen (secondary N) is 1. The number of aromatic nitrogens is 3. The van der Waals surface area contributed by atoms with Crippen molar-refractivity contribution in [3.63, 3.8) is 0 Å². The summed E-state index contributed by atoms with van der Waals surface area (Å²) < 4.78 is 7.13. The first kappa shape index (κ1) is 20.5. The molecule has 7 heteroatoms. The van der Waals surface area contributed by atoms with E-state index in [0.717, 1.165) is 42.9 Å². The van der Waals surface area contributed by atoms with Gasteiger partial charge in [0.2, 0.25) is 0 Å². The van der Waals surface area contributed by atoms with Crippen molar-refractivity contribution in [2.45, 2.75) is 26.4 Å². The smallest absolute Gasteiger partial charge is 0.188 e. The molecule has 1 heterocycles. The largest absolute Gasteiger partial charge is 0.382 e. The molecule has 0 saturated carbocycles. The van der Waals surface area contributed by atoms with Crippen molar-refractivity contribution in [3.05, 3.63) is 72.3 Å². The van der Waals surface area contributed by atoms with E-state index in [2.05, 4.69) is 56.8 Å². The van der Waals surface area contributed by atoms with Crippen molar-refractivity contribution >= 4 is 5.96 Å². The Balaban J connectivity index is 1.61. The third-order valence-electron chi connectivity index (χ3n) is 4.49. The number of ether oxygens (including phenoxy) is 1. The van der Waals surface area contributed by atoms with Gasteiger partial charge in [0.05, 0.1) is 13.1 Å². The van der Waals surface area contributed by atoms with Gasteiger partial charge < -0.3 is 15.8 Å². The maximum atomic E-state index is 5.99. The highest BCUT2D eigenvalue weighted by Gasteiger charge is 2.05. The number of nitrogens with two attached hydrogens (primary N) is 1. The summed E-state index contributed by atoms with van der Waals surface area (Å²) >= 11 is 0. The van der Waals surface area contributed by atoms with Gasteiger partial charge in [-0.05, 0) is 35.6 Å². The summed E-state index contributed by atoms with van der Waals surface area (Å²) in [5.41, 5.74) is 10.6. The van der Waals surface area contributed by atoms with Crippen LogP contribution in [0, 0.1) is 0 Å². The molecule has 0 bridgehead atoms. The predicted molar refractivity (Wildman–Crippen MR) is 115 cm³/mol. The van der Waals surface area contributed by atoms with Gasteiger partial charge in [0.25, 0.3) is 0 Å². The van der Waals surface area contributed by atoms with Gasteiger partial charge >= 0.3 is 0 Å². The number of hydrogen-bond donors (Lipinski definition) is 2. The van der Waals surface area contributed by atoms with Crippen LogP contribution in [-0.2, 0) is 17.8 Å². The maximum absolute atomic E-state index is 5.99. The zero-order valence-electron chi connectivity index (χ0n) is 16.8. The van der Waals surface area contributed by atoms with E-state index < -0.39 is 0 Å². The summed E-state index contributed by atoms with van der Waals surface area (Å²) in [6.45, 7) is 5.45. The topological polar surface area (TPSA) is 90.3 Å². The lowest BCUT2D eigenvalue weighted by atomic mass is 9.98. The normalized spacial score (nSPS) is 11.6. The van der Waals surface area contributed by atoms with Crippen molar-refractivity contribution in [1.82, 2.24) is 20.1 Å². The van der Waals surface area contributed by atoms with Crippen molar-refractivity contribution in [3.8, 4) is 11.1 Å². The molecule has 29 heavy (non-hydrogen) atoms. The molecule has 152 valence electrons. The van der Waals surface area contributed by atoms with E-state index in [0.29, 0.717) is 19.0 Å². The molecule has 0 amide bonds. The fraction of sp³-hybridized carbons (Fsp3) is 0.318. The third kappa shape index (κ3) is 6.43. The zero-order valence-corrected chi connectivity index (χ0v) is 16.8. The minimum absolute atomic E-state index is 0.458. The lowest BCUT2D eigenvalue weighted by Gasteiger charge is -2.10. The Hall–Kier alpha value is -3.19. The number of guanidine groups is 1. The van der Waals surface area contributed by atoms with Gasteiger partial charge in [0.1, 0.15) is 12.7 Å². The Labute approximate surface area is 171 Å². The first-order valence-electron chi connectivity index (χ1n) is 9.87. The summed E-state index contributed by atoms with van der Waals surface area (Å²) in [7, 11) is 0. The monoisotopic (exact) mass is 392 g/mol. The second-order valence-corrected chi connectivity index (χ2v) is 6.63. The minimum atomic E-state index is 0.458. The molecule has 0 aliphatic heterocycles. The molecule has 3 aromatic rings. The van der Waals surface area contributed by atoms with Crippen LogP contribution >= 0.6 is 0 Å². The van der Waals surface area contributed by atoms with Crippen LogP contribution in [0.15, 0.2) is 66.2 Å². The van der Waals surface area contributed by atoms with Crippen LogP contribution in [0.25, 0.3) is 11.1 Å². The first-order valence-corrected chi connectivity index (χ1v) is 9.87. The Morgan fingerprint density at radius 3 is 2.76 bits per heavy atom. The highest BCUT2D eigenvalue weighted by atomic mass is 16.5.